The first-order valence-corrected chi connectivity index (χ1v) is 8.03. The fourth-order valence-corrected chi connectivity index (χ4v) is 2.43. The monoisotopic (exact) mass is 355 g/mol. The largest absolute Gasteiger partial charge is 0.378 e. The van der Waals surface area contributed by atoms with Gasteiger partial charge in [0.1, 0.15) is 34.8 Å². The molecule has 2 N–H and O–H groups in total. The van der Waals surface area contributed by atoms with Gasteiger partial charge in [0.25, 0.3) is 0 Å². The average molecular weight is 355 g/mol. The van der Waals surface area contributed by atoms with Gasteiger partial charge in [0.2, 0.25) is 0 Å². The molecule has 0 amide bonds. The van der Waals surface area contributed by atoms with Crippen LogP contribution in [0, 0.1) is 18.6 Å². The Kier molecular flexibility index (Phi) is 4.97. The molecule has 3 aromatic rings. The van der Waals surface area contributed by atoms with Crippen molar-refractivity contribution in [3.8, 4) is 0 Å². The average Bonchev–Trinajstić information content (AvgIpc) is 2.58. The highest BCUT2D eigenvalue weighted by atomic mass is 19.1. The molecule has 3 rings (SSSR count). The fourth-order valence-electron chi connectivity index (χ4n) is 2.43. The summed E-state index contributed by atoms with van der Waals surface area (Å²) in [5.41, 5.74) is 1.68. The normalized spacial score (nSPS) is 10.5. The molecule has 134 valence electrons. The topological polar surface area (TPSA) is 53.1 Å². The van der Waals surface area contributed by atoms with E-state index < -0.39 is 11.6 Å². The highest BCUT2D eigenvalue weighted by molar-refractivity contribution is 5.65. The number of halogens is 2. The Labute approximate surface area is 150 Å². The second-order valence-corrected chi connectivity index (χ2v) is 5.97. The van der Waals surface area contributed by atoms with Crippen LogP contribution in [-0.4, -0.2) is 24.1 Å². The van der Waals surface area contributed by atoms with E-state index in [4.69, 9.17) is 0 Å². The summed E-state index contributed by atoms with van der Waals surface area (Å²) in [7, 11) is 3.94. The zero-order valence-electron chi connectivity index (χ0n) is 14.7. The summed E-state index contributed by atoms with van der Waals surface area (Å²) in [5, 5.41) is 5.85. The van der Waals surface area contributed by atoms with E-state index >= 15 is 0 Å². The number of para-hydroxylation sites is 1. The lowest BCUT2D eigenvalue weighted by Crippen LogP contribution is -2.08. The van der Waals surface area contributed by atoms with Crippen LogP contribution in [0.4, 0.5) is 37.5 Å². The van der Waals surface area contributed by atoms with Gasteiger partial charge in [0.15, 0.2) is 0 Å². The summed E-state index contributed by atoms with van der Waals surface area (Å²) in [4.78, 5) is 10.5. The molecule has 0 unspecified atom stereocenters. The van der Waals surface area contributed by atoms with Crippen LogP contribution in [0.2, 0.25) is 0 Å². The van der Waals surface area contributed by atoms with Crippen molar-refractivity contribution in [2.75, 3.05) is 29.6 Å². The molecule has 1 heterocycles. The predicted octanol–water partition coefficient (Wildman–Crippen LogP) is 4.62. The third-order valence-corrected chi connectivity index (χ3v) is 3.71. The van der Waals surface area contributed by atoms with Crippen molar-refractivity contribution >= 4 is 28.7 Å². The van der Waals surface area contributed by atoms with Crippen LogP contribution in [0.3, 0.4) is 0 Å². The van der Waals surface area contributed by atoms with Gasteiger partial charge in [-0.2, -0.15) is 0 Å². The summed E-state index contributed by atoms with van der Waals surface area (Å²) in [6.45, 7) is 1.71. The first kappa shape index (κ1) is 17.6. The maximum Gasteiger partial charge on any atom is 0.149 e. The van der Waals surface area contributed by atoms with Crippen molar-refractivity contribution in [1.82, 2.24) is 9.97 Å². The van der Waals surface area contributed by atoms with Crippen molar-refractivity contribution in [2.24, 2.45) is 0 Å². The molecule has 0 fully saturated rings. The lowest BCUT2D eigenvalue weighted by atomic mass is 10.2. The van der Waals surface area contributed by atoms with Crippen molar-refractivity contribution < 1.29 is 8.78 Å². The van der Waals surface area contributed by atoms with Crippen molar-refractivity contribution in [2.45, 2.75) is 6.92 Å². The van der Waals surface area contributed by atoms with Gasteiger partial charge in [-0.25, -0.2) is 18.7 Å². The van der Waals surface area contributed by atoms with Crippen molar-refractivity contribution in [3.05, 3.63) is 66.0 Å². The smallest absolute Gasteiger partial charge is 0.149 e. The second kappa shape index (κ2) is 7.35. The van der Waals surface area contributed by atoms with Crippen LogP contribution >= 0.6 is 0 Å². The van der Waals surface area contributed by atoms with Crippen LogP contribution in [0.15, 0.2) is 48.5 Å². The summed E-state index contributed by atoms with van der Waals surface area (Å²) in [5.74, 6) is -0.0764. The molecule has 0 aliphatic carbocycles. The number of anilines is 5. The molecule has 1 aromatic heterocycles. The molecule has 0 aliphatic rings. The van der Waals surface area contributed by atoms with E-state index in [1.807, 2.05) is 43.3 Å². The lowest BCUT2D eigenvalue weighted by Gasteiger charge is -2.14. The van der Waals surface area contributed by atoms with E-state index in [9.17, 15) is 8.78 Å². The van der Waals surface area contributed by atoms with E-state index in [2.05, 4.69) is 20.6 Å². The first-order valence-electron chi connectivity index (χ1n) is 8.03. The Morgan fingerprint density at radius 1 is 0.846 bits per heavy atom. The molecule has 0 bridgehead atoms. The molecule has 26 heavy (non-hydrogen) atoms. The Morgan fingerprint density at radius 2 is 1.42 bits per heavy atom. The number of aryl methyl sites for hydroxylation is 1. The van der Waals surface area contributed by atoms with E-state index in [1.54, 1.807) is 13.0 Å². The molecule has 0 atom stereocenters. The molecule has 0 radical (unpaired) electrons. The molecule has 0 aliphatic heterocycles. The number of benzene rings is 2. The number of hydrogen-bond acceptors (Lipinski definition) is 5. The number of nitrogens with zero attached hydrogens (tertiary/aromatic N) is 3. The maximum atomic E-state index is 13.8. The summed E-state index contributed by atoms with van der Waals surface area (Å²) < 4.78 is 27.6. The van der Waals surface area contributed by atoms with Gasteiger partial charge in [-0.3, -0.25) is 0 Å². The lowest BCUT2D eigenvalue weighted by molar-refractivity contribution is 0.590. The van der Waals surface area contributed by atoms with Crippen molar-refractivity contribution in [3.63, 3.8) is 0 Å². The van der Waals surface area contributed by atoms with Crippen LogP contribution < -0.4 is 15.5 Å². The Hall–Kier alpha value is -3.22. The molecule has 0 spiro atoms. The van der Waals surface area contributed by atoms with Crippen molar-refractivity contribution in [1.29, 1.82) is 0 Å². The van der Waals surface area contributed by atoms with Gasteiger partial charge in [0, 0.05) is 31.5 Å². The molecular weight excluding hydrogens is 336 g/mol. The van der Waals surface area contributed by atoms with Gasteiger partial charge >= 0.3 is 0 Å². The Morgan fingerprint density at radius 3 is 2.00 bits per heavy atom. The fraction of sp³-hybridized carbons (Fsp3) is 0.158. The van der Waals surface area contributed by atoms with Crippen LogP contribution in [0.25, 0.3) is 0 Å². The quantitative estimate of drug-likeness (QED) is 0.700. The van der Waals surface area contributed by atoms with Crippen LogP contribution in [-0.2, 0) is 0 Å². The minimum atomic E-state index is -0.685. The van der Waals surface area contributed by atoms with Gasteiger partial charge in [0.05, 0.1) is 0 Å². The standard InChI is InChI=1S/C19H19F2N5/c1-12-22-17(24-13-7-9-14(10-8-13)26(2)3)11-18(23-12)25-19-15(20)5-4-6-16(19)21/h4-11H,1-3H3,(H2,22,23,24,25). The second-order valence-electron chi connectivity index (χ2n) is 5.97. The minimum Gasteiger partial charge on any atom is -0.378 e. The predicted molar refractivity (Wildman–Crippen MR) is 100 cm³/mol. The summed E-state index contributed by atoms with van der Waals surface area (Å²) in [6.07, 6.45) is 0. The highest BCUT2D eigenvalue weighted by Gasteiger charge is 2.10. The Balaban J connectivity index is 1.83. The third-order valence-electron chi connectivity index (χ3n) is 3.71. The third kappa shape index (κ3) is 4.05. The number of aromatic nitrogens is 2. The number of nitrogens with one attached hydrogen (secondary N) is 2. The minimum absolute atomic E-state index is 0.244. The molecule has 0 saturated carbocycles. The molecule has 0 saturated heterocycles. The zero-order valence-corrected chi connectivity index (χ0v) is 14.7. The molecular formula is C19H19F2N5. The van der Waals surface area contributed by atoms with Crippen LogP contribution in [0.1, 0.15) is 5.82 Å². The van der Waals surface area contributed by atoms with Gasteiger partial charge in [-0.05, 0) is 43.3 Å². The first-order chi connectivity index (χ1) is 12.4. The molecule has 5 nitrogen and oxygen atoms in total. The number of hydrogen-bond donors (Lipinski definition) is 2. The van der Waals surface area contributed by atoms with Gasteiger partial charge in [-0.1, -0.05) is 6.07 Å². The van der Waals surface area contributed by atoms with Gasteiger partial charge < -0.3 is 15.5 Å². The summed E-state index contributed by atoms with van der Waals surface area (Å²) in [6, 6.07) is 13.1. The highest BCUT2D eigenvalue weighted by Crippen LogP contribution is 2.25. The SMILES string of the molecule is Cc1nc(Nc2ccc(N(C)C)cc2)cc(Nc2c(F)cccc2F)n1. The van der Waals surface area contributed by atoms with Gasteiger partial charge in [-0.15, -0.1) is 0 Å². The van der Waals surface area contributed by atoms with E-state index in [0.717, 1.165) is 11.4 Å². The Bertz CT molecular complexity index is 890. The van der Waals surface area contributed by atoms with E-state index in [0.29, 0.717) is 17.5 Å². The van der Waals surface area contributed by atoms with E-state index in [1.165, 1.54) is 18.2 Å². The summed E-state index contributed by atoms with van der Waals surface area (Å²) >= 11 is 0. The molecule has 7 heteroatoms. The number of rotatable bonds is 5. The molecule has 2 aromatic carbocycles. The van der Waals surface area contributed by atoms with E-state index in [-0.39, 0.29) is 5.69 Å². The maximum absolute atomic E-state index is 13.8. The van der Waals surface area contributed by atoms with Crippen LogP contribution in [0.5, 0.6) is 0 Å². The zero-order chi connectivity index (χ0) is 18.7.